The van der Waals surface area contributed by atoms with E-state index in [9.17, 15) is 14.7 Å². The van der Waals surface area contributed by atoms with Crippen LogP contribution in [-0.2, 0) is 4.79 Å². The van der Waals surface area contributed by atoms with Gasteiger partial charge >= 0.3 is 6.03 Å². The molecule has 1 N–H and O–H groups in total. The Kier molecular flexibility index (Phi) is 3.22. The molecule has 3 amide bonds. The first-order valence-electron chi connectivity index (χ1n) is 6.94. The van der Waals surface area contributed by atoms with Gasteiger partial charge in [0.1, 0.15) is 6.04 Å². The van der Waals surface area contributed by atoms with Gasteiger partial charge in [0, 0.05) is 6.54 Å². The Hall–Kier alpha value is -1.88. The number of urea groups is 1. The Morgan fingerprint density at radius 1 is 1.30 bits per heavy atom. The van der Waals surface area contributed by atoms with Crippen LogP contribution in [0.3, 0.4) is 0 Å². The van der Waals surface area contributed by atoms with Crippen LogP contribution in [0, 0.1) is 6.92 Å². The van der Waals surface area contributed by atoms with Crippen molar-refractivity contribution in [1.82, 2.24) is 9.80 Å². The van der Waals surface area contributed by atoms with Crippen molar-refractivity contribution in [1.29, 1.82) is 0 Å². The maximum atomic E-state index is 12.2. The number of rotatable bonds is 3. The average molecular weight is 274 g/mol. The molecule has 0 spiro atoms. The van der Waals surface area contributed by atoms with E-state index in [-0.39, 0.29) is 24.5 Å². The van der Waals surface area contributed by atoms with Gasteiger partial charge in [-0.1, -0.05) is 29.8 Å². The minimum absolute atomic E-state index is 0.0354. The second-order valence-corrected chi connectivity index (χ2v) is 5.51. The van der Waals surface area contributed by atoms with Crippen LogP contribution < -0.4 is 0 Å². The van der Waals surface area contributed by atoms with Crippen LogP contribution in [0.2, 0.25) is 0 Å². The summed E-state index contributed by atoms with van der Waals surface area (Å²) < 4.78 is 0. The SMILES string of the molecule is Cc1ccc(C(O)CN2C(=O)C3CCCN3C2=O)cc1. The van der Waals surface area contributed by atoms with Crippen molar-refractivity contribution in [3.05, 3.63) is 35.4 Å². The summed E-state index contributed by atoms with van der Waals surface area (Å²) in [6.45, 7) is 2.65. The third-order valence-corrected chi connectivity index (χ3v) is 4.10. The standard InChI is InChI=1S/C15H18N2O3/c1-10-4-6-11(7-5-10)13(18)9-17-14(19)12-3-2-8-16(12)15(17)20/h4-7,12-13,18H,2-3,8-9H2,1H3. The predicted molar refractivity (Wildman–Crippen MR) is 73.0 cm³/mol. The molecule has 1 aromatic rings. The number of benzene rings is 1. The van der Waals surface area contributed by atoms with E-state index in [1.807, 2.05) is 31.2 Å². The van der Waals surface area contributed by atoms with Gasteiger partial charge in [0.2, 0.25) is 0 Å². The summed E-state index contributed by atoms with van der Waals surface area (Å²) in [6, 6.07) is 6.91. The molecule has 20 heavy (non-hydrogen) atoms. The van der Waals surface area contributed by atoms with E-state index in [2.05, 4.69) is 0 Å². The van der Waals surface area contributed by atoms with Crippen LogP contribution in [0.4, 0.5) is 4.79 Å². The largest absolute Gasteiger partial charge is 0.387 e. The van der Waals surface area contributed by atoms with Crippen molar-refractivity contribution in [2.45, 2.75) is 31.9 Å². The molecule has 2 saturated heterocycles. The third-order valence-electron chi connectivity index (χ3n) is 4.10. The number of aliphatic hydroxyl groups excluding tert-OH is 1. The van der Waals surface area contributed by atoms with Crippen molar-refractivity contribution in [2.75, 3.05) is 13.1 Å². The van der Waals surface area contributed by atoms with Crippen LogP contribution >= 0.6 is 0 Å². The molecule has 0 saturated carbocycles. The van der Waals surface area contributed by atoms with Crippen LogP contribution in [0.1, 0.15) is 30.1 Å². The van der Waals surface area contributed by atoms with Crippen LogP contribution in [0.25, 0.3) is 0 Å². The molecule has 2 atom stereocenters. The molecule has 0 radical (unpaired) electrons. The van der Waals surface area contributed by atoms with Crippen molar-refractivity contribution in [2.24, 2.45) is 0 Å². The molecule has 2 unspecified atom stereocenters. The molecule has 106 valence electrons. The Bertz CT molecular complexity index is 519. The number of imide groups is 1. The molecule has 0 aliphatic carbocycles. The number of hydrogen-bond donors (Lipinski definition) is 1. The second-order valence-electron chi connectivity index (χ2n) is 5.51. The summed E-state index contributed by atoms with van der Waals surface area (Å²) in [5.41, 5.74) is 1.83. The highest BCUT2D eigenvalue weighted by molar-refractivity contribution is 6.04. The number of carbonyl (C=O) groups is 2. The fraction of sp³-hybridized carbons (Fsp3) is 0.467. The van der Waals surface area contributed by atoms with Crippen molar-refractivity contribution in [3.63, 3.8) is 0 Å². The van der Waals surface area contributed by atoms with E-state index in [1.54, 1.807) is 4.90 Å². The van der Waals surface area contributed by atoms with Gasteiger partial charge in [-0.25, -0.2) is 4.79 Å². The fourth-order valence-electron chi connectivity index (χ4n) is 2.92. The summed E-state index contributed by atoms with van der Waals surface area (Å²) in [7, 11) is 0. The maximum absolute atomic E-state index is 12.2. The van der Waals surface area contributed by atoms with Crippen molar-refractivity contribution < 1.29 is 14.7 Å². The summed E-state index contributed by atoms with van der Waals surface area (Å²) in [6.07, 6.45) is 0.793. The number of fused-ring (bicyclic) bond motifs is 1. The minimum atomic E-state index is -0.830. The molecule has 0 aromatic heterocycles. The van der Waals surface area contributed by atoms with Gasteiger partial charge in [0.05, 0.1) is 12.6 Å². The number of aliphatic hydroxyl groups is 1. The second kappa shape index (κ2) is 4.90. The van der Waals surface area contributed by atoms with Gasteiger partial charge < -0.3 is 10.0 Å². The Morgan fingerprint density at radius 2 is 2.00 bits per heavy atom. The minimum Gasteiger partial charge on any atom is -0.387 e. The van der Waals surface area contributed by atoms with Crippen molar-refractivity contribution in [3.8, 4) is 0 Å². The summed E-state index contributed by atoms with van der Waals surface area (Å²) in [4.78, 5) is 27.1. The monoisotopic (exact) mass is 274 g/mol. The molecular formula is C15H18N2O3. The first-order valence-corrected chi connectivity index (χ1v) is 6.94. The van der Waals surface area contributed by atoms with Gasteiger partial charge in [-0.15, -0.1) is 0 Å². The van der Waals surface area contributed by atoms with Crippen LogP contribution in [-0.4, -0.2) is 46.0 Å². The molecule has 2 aliphatic rings. The van der Waals surface area contributed by atoms with E-state index in [1.165, 1.54) is 4.90 Å². The highest BCUT2D eigenvalue weighted by Gasteiger charge is 2.47. The highest BCUT2D eigenvalue weighted by Crippen LogP contribution is 2.28. The molecular weight excluding hydrogens is 256 g/mol. The zero-order chi connectivity index (χ0) is 14.3. The molecule has 2 aliphatic heterocycles. The van der Waals surface area contributed by atoms with Gasteiger partial charge in [0.15, 0.2) is 0 Å². The predicted octanol–water partition coefficient (Wildman–Crippen LogP) is 1.46. The molecule has 5 heteroatoms. The third kappa shape index (κ3) is 2.08. The zero-order valence-corrected chi connectivity index (χ0v) is 11.5. The van der Waals surface area contributed by atoms with E-state index in [4.69, 9.17) is 0 Å². The molecule has 3 rings (SSSR count). The Labute approximate surface area is 117 Å². The van der Waals surface area contributed by atoms with Crippen molar-refractivity contribution >= 4 is 11.9 Å². The summed E-state index contributed by atoms with van der Waals surface area (Å²) in [5.74, 6) is -0.168. The quantitative estimate of drug-likeness (QED) is 0.849. The van der Waals surface area contributed by atoms with E-state index < -0.39 is 6.10 Å². The summed E-state index contributed by atoms with van der Waals surface area (Å²) in [5, 5.41) is 10.2. The highest BCUT2D eigenvalue weighted by atomic mass is 16.3. The lowest BCUT2D eigenvalue weighted by Crippen LogP contribution is -2.36. The number of aryl methyl sites for hydroxylation is 1. The number of hydrogen-bond acceptors (Lipinski definition) is 3. The number of amides is 3. The molecule has 1 aromatic carbocycles. The average Bonchev–Trinajstić information content (AvgIpc) is 2.99. The first-order chi connectivity index (χ1) is 9.58. The lowest BCUT2D eigenvalue weighted by molar-refractivity contribution is -0.128. The maximum Gasteiger partial charge on any atom is 0.327 e. The number of carbonyl (C=O) groups excluding carboxylic acids is 2. The molecule has 2 heterocycles. The smallest absolute Gasteiger partial charge is 0.327 e. The topological polar surface area (TPSA) is 60.9 Å². The normalized spacial score (nSPS) is 23.4. The van der Waals surface area contributed by atoms with Gasteiger partial charge in [-0.2, -0.15) is 0 Å². The number of β-amino-alcohol motifs (C(OH)–C–C–N with tert-alkyl or cyclic N) is 1. The number of nitrogens with zero attached hydrogens (tertiary/aromatic N) is 2. The molecule has 0 bridgehead atoms. The Morgan fingerprint density at radius 3 is 2.65 bits per heavy atom. The van der Waals surface area contributed by atoms with E-state index in [0.29, 0.717) is 6.54 Å². The van der Waals surface area contributed by atoms with Gasteiger partial charge in [0.25, 0.3) is 5.91 Å². The lowest BCUT2D eigenvalue weighted by Gasteiger charge is -2.19. The van der Waals surface area contributed by atoms with Gasteiger partial charge in [-0.3, -0.25) is 9.69 Å². The first kappa shape index (κ1) is 13.1. The van der Waals surface area contributed by atoms with E-state index >= 15 is 0 Å². The summed E-state index contributed by atoms with van der Waals surface area (Å²) >= 11 is 0. The zero-order valence-electron chi connectivity index (χ0n) is 11.5. The fourth-order valence-corrected chi connectivity index (χ4v) is 2.92. The van der Waals surface area contributed by atoms with Gasteiger partial charge in [-0.05, 0) is 25.3 Å². The van der Waals surface area contributed by atoms with Crippen LogP contribution in [0.15, 0.2) is 24.3 Å². The van der Waals surface area contributed by atoms with E-state index in [0.717, 1.165) is 24.0 Å². The van der Waals surface area contributed by atoms with Crippen LogP contribution in [0.5, 0.6) is 0 Å². The lowest BCUT2D eigenvalue weighted by atomic mass is 10.1. The molecule has 5 nitrogen and oxygen atoms in total. The Balaban J connectivity index is 1.73. The molecule has 2 fully saturated rings.